The monoisotopic (exact) mass is 347 g/mol. The maximum atomic E-state index is 13.1. The number of halogens is 3. The van der Waals surface area contributed by atoms with Crippen LogP contribution in [-0.2, 0) is 6.18 Å². The van der Waals surface area contributed by atoms with Gasteiger partial charge in [0.2, 0.25) is 5.95 Å². The van der Waals surface area contributed by atoms with Crippen LogP contribution in [0.3, 0.4) is 0 Å². The van der Waals surface area contributed by atoms with Gasteiger partial charge in [0.1, 0.15) is 0 Å². The summed E-state index contributed by atoms with van der Waals surface area (Å²) in [5.74, 6) is 0.635. The van der Waals surface area contributed by atoms with Crippen molar-refractivity contribution in [3.8, 4) is 6.07 Å². The van der Waals surface area contributed by atoms with Crippen LogP contribution < -0.4 is 9.80 Å². The molecule has 0 unspecified atom stereocenters. The largest absolute Gasteiger partial charge is 0.417 e. The molecule has 2 aromatic rings. The van der Waals surface area contributed by atoms with Gasteiger partial charge in [0.15, 0.2) is 0 Å². The summed E-state index contributed by atoms with van der Waals surface area (Å²) in [5, 5.41) is 8.88. The number of anilines is 2. The van der Waals surface area contributed by atoms with Gasteiger partial charge in [0.25, 0.3) is 0 Å². The average molecular weight is 347 g/mol. The Morgan fingerprint density at radius 1 is 1.08 bits per heavy atom. The standard InChI is InChI=1S/C17H16F3N5/c1-12-4-5-22-16(23-12)25-8-6-24(7-9-25)14-3-2-13(11-21)15(10-14)17(18,19)20/h2-5,10H,6-9H2,1H3. The van der Waals surface area contributed by atoms with Crippen LogP contribution in [0.2, 0.25) is 0 Å². The molecule has 1 aromatic carbocycles. The molecule has 0 amide bonds. The van der Waals surface area contributed by atoms with E-state index in [2.05, 4.69) is 9.97 Å². The van der Waals surface area contributed by atoms with E-state index in [0.29, 0.717) is 37.8 Å². The van der Waals surface area contributed by atoms with Crippen LogP contribution in [0, 0.1) is 18.3 Å². The lowest BCUT2D eigenvalue weighted by Crippen LogP contribution is -2.47. The van der Waals surface area contributed by atoms with Crippen molar-refractivity contribution in [2.75, 3.05) is 36.0 Å². The average Bonchev–Trinajstić information content (AvgIpc) is 2.60. The van der Waals surface area contributed by atoms with Crippen LogP contribution >= 0.6 is 0 Å². The normalized spacial score (nSPS) is 15.2. The smallest absolute Gasteiger partial charge is 0.368 e. The number of rotatable bonds is 2. The molecule has 8 heteroatoms. The fourth-order valence-electron chi connectivity index (χ4n) is 2.81. The number of aromatic nitrogens is 2. The Labute approximate surface area is 143 Å². The second-order valence-electron chi connectivity index (χ2n) is 5.81. The number of hydrogen-bond donors (Lipinski definition) is 0. The molecule has 0 radical (unpaired) electrons. The maximum absolute atomic E-state index is 13.1. The fraction of sp³-hybridized carbons (Fsp3) is 0.353. The minimum atomic E-state index is -4.54. The van der Waals surface area contributed by atoms with Crippen LogP contribution in [0.15, 0.2) is 30.5 Å². The third-order valence-electron chi connectivity index (χ3n) is 4.14. The van der Waals surface area contributed by atoms with E-state index in [-0.39, 0.29) is 5.56 Å². The summed E-state index contributed by atoms with van der Waals surface area (Å²) in [6.07, 6.45) is -2.85. The maximum Gasteiger partial charge on any atom is 0.417 e. The van der Waals surface area contributed by atoms with Crippen LogP contribution in [0.4, 0.5) is 24.8 Å². The first kappa shape index (κ1) is 17.0. The summed E-state index contributed by atoms with van der Waals surface area (Å²) in [6, 6.07) is 7.26. The summed E-state index contributed by atoms with van der Waals surface area (Å²) in [4.78, 5) is 12.5. The van der Waals surface area contributed by atoms with Crippen molar-refractivity contribution in [2.24, 2.45) is 0 Å². The Bertz CT molecular complexity index is 805. The van der Waals surface area contributed by atoms with Crippen molar-refractivity contribution in [2.45, 2.75) is 13.1 Å². The number of nitrogens with zero attached hydrogens (tertiary/aromatic N) is 5. The molecule has 2 heterocycles. The first-order valence-corrected chi connectivity index (χ1v) is 7.79. The van der Waals surface area contributed by atoms with E-state index in [0.717, 1.165) is 11.8 Å². The molecule has 1 aromatic heterocycles. The van der Waals surface area contributed by atoms with Crippen molar-refractivity contribution in [1.29, 1.82) is 5.26 Å². The zero-order valence-corrected chi connectivity index (χ0v) is 13.6. The zero-order valence-electron chi connectivity index (χ0n) is 13.6. The van der Waals surface area contributed by atoms with E-state index in [4.69, 9.17) is 5.26 Å². The summed E-state index contributed by atoms with van der Waals surface area (Å²) >= 11 is 0. The van der Waals surface area contributed by atoms with Crippen molar-refractivity contribution in [3.05, 3.63) is 47.3 Å². The van der Waals surface area contributed by atoms with Gasteiger partial charge in [-0.2, -0.15) is 18.4 Å². The molecule has 1 saturated heterocycles. The molecule has 0 aliphatic carbocycles. The zero-order chi connectivity index (χ0) is 18.0. The fourth-order valence-corrected chi connectivity index (χ4v) is 2.81. The molecule has 130 valence electrons. The van der Waals surface area contributed by atoms with Gasteiger partial charge in [-0.15, -0.1) is 0 Å². The third kappa shape index (κ3) is 3.65. The Hall–Kier alpha value is -2.82. The molecular formula is C17H16F3N5. The number of piperazine rings is 1. The Morgan fingerprint density at radius 2 is 1.76 bits per heavy atom. The van der Waals surface area contributed by atoms with E-state index < -0.39 is 11.7 Å². The molecule has 1 aliphatic heterocycles. The van der Waals surface area contributed by atoms with E-state index in [1.54, 1.807) is 18.3 Å². The molecule has 5 nitrogen and oxygen atoms in total. The van der Waals surface area contributed by atoms with Crippen LogP contribution in [0.25, 0.3) is 0 Å². The van der Waals surface area contributed by atoms with Crippen molar-refractivity contribution < 1.29 is 13.2 Å². The van der Waals surface area contributed by atoms with Gasteiger partial charge < -0.3 is 9.80 Å². The molecular weight excluding hydrogens is 331 g/mol. The lowest BCUT2D eigenvalue weighted by molar-refractivity contribution is -0.137. The highest BCUT2D eigenvalue weighted by molar-refractivity contribution is 5.55. The van der Waals surface area contributed by atoms with E-state index >= 15 is 0 Å². The predicted molar refractivity (Wildman–Crippen MR) is 87.4 cm³/mol. The number of aryl methyl sites for hydroxylation is 1. The van der Waals surface area contributed by atoms with Crippen LogP contribution in [-0.4, -0.2) is 36.1 Å². The SMILES string of the molecule is Cc1ccnc(N2CCN(c3ccc(C#N)c(C(F)(F)F)c3)CC2)n1. The molecule has 0 atom stereocenters. The van der Waals surface area contributed by atoms with Crippen LogP contribution in [0.1, 0.15) is 16.8 Å². The van der Waals surface area contributed by atoms with Crippen molar-refractivity contribution >= 4 is 11.6 Å². The second-order valence-corrected chi connectivity index (χ2v) is 5.81. The first-order chi connectivity index (χ1) is 11.9. The van der Waals surface area contributed by atoms with Gasteiger partial charge in [0.05, 0.1) is 17.2 Å². The van der Waals surface area contributed by atoms with Crippen molar-refractivity contribution in [1.82, 2.24) is 9.97 Å². The quantitative estimate of drug-likeness (QED) is 0.836. The second kappa shape index (κ2) is 6.59. The first-order valence-electron chi connectivity index (χ1n) is 7.79. The summed E-state index contributed by atoms with van der Waals surface area (Å²) < 4.78 is 39.3. The molecule has 0 bridgehead atoms. The van der Waals surface area contributed by atoms with Crippen LogP contribution in [0.5, 0.6) is 0 Å². The number of alkyl halides is 3. The Kier molecular flexibility index (Phi) is 4.49. The number of nitriles is 1. The van der Waals surface area contributed by atoms with Gasteiger partial charge in [-0.05, 0) is 31.2 Å². The van der Waals surface area contributed by atoms with Crippen molar-refractivity contribution in [3.63, 3.8) is 0 Å². The molecule has 1 fully saturated rings. The predicted octanol–water partition coefficient (Wildman–Crippen LogP) is 3.00. The summed E-state index contributed by atoms with van der Waals surface area (Å²) in [6.45, 7) is 4.23. The highest BCUT2D eigenvalue weighted by atomic mass is 19.4. The van der Waals surface area contributed by atoms with Gasteiger partial charge >= 0.3 is 6.18 Å². The Morgan fingerprint density at radius 3 is 2.36 bits per heavy atom. The minimum Gasteiger partial charge on any atom is -0.368 e. The number of hydrogen-bond acceptors (Lipinski definition) is 5. The van der Waals surface area contributed by atoms with E-state index in [1.807, 2.05) is 22.8 Å². The minimum absolute atomic E-state index is 0.358. The van der Waals surface area contributed by atoms with Gasteiger partial charge in [-0.1, -0.05) is 0 Å². The molecule has 0 N–H and O–H groups in total. The Balaban J connectivity index is 1.76. The van der Waals surface area contributed by atoms with E-state index in [9.17, 15) is 13.2 Å². The van der Waals surface area contributed by atoms with Gasteiger partial charge in [-0.25, -0.2) is 9.97 Å². The summed E-state index contributed by atoms with van der Waals surface area (Å²) in [7, 11) is 0. The van der Waals surface area contributed by atoms with Gasteiger partial charge in [-0.3, -0.25) is 0 Å². The molecule has 25 heavy (non-hydrogen) atoms. The molecule has 0 saturated carbocycles. The topological polar surface area (TPSA) is 56.1 Å². The lowest BCUT2D eigenvalue weighted by Gasteiger charge is -2.36. The highest BCUT2D eigenvalue weighted by Crippen LogP contribution is 2.34. The molecule has 0 spiro atoms. The lowest BCUT2D eigenvalue weighted by atomic mass is 10.1. The molecule has 1 aliphatic rings. The third-order valence-corrected chi connectivity index (χ3v) is 4.14. The van der Waals surface area contributed by atoms with Gasteiger partial charge in [0, 0.05) is 43.8 Å². The highest BCUT2D eigenvalue weighted by Gasteiger charge is 2.34. The molecule has 3 rings (SSSR count). The summed E-state index contributed by atoms with van der Waals surface area (Å²) in [5.41, 5.74) is 0.0884. The van der Waals surface area contributed by atoms with E-state index in [1.165, 1.54) is 6.07 Å². The number of benzene rings is 1.